The Morgan fingerprint density at radius 1 is 1.13 bits per heavy atom. The Labute approximate surface area is 176 Å². The van der Waals surface area contributed by atoms with Crippen molar-refractivity contribution < 1.29 is 14.3 Å². The van der Waals surface area contributed by atoms with Crippen molar-refractivity contribution in [3.8, 4) is 11.5 Å². The van der Waals surface area contributed by atoms with Crippen molar-refractivity contribution in [3.05, 3.63) is 81.7 Å². The maximum absolute atomic E-state index is 13.7. The summed E-state index contributed by atoms with van der Waals surface area (Å²) in [5.41, 5.74) is 1.85. The zero-order valence-corrected chi connectivity index (χ0v) is 17.5. The van der Waals surface area contributed by atoms with Crippen LogP contribution in [0, 0.1) is 6.92 Å². The summed E-state index contributed by atoms with van der Waals surface area (Å²) in [4.78, 5) is 15.9. The standard InChI is InChI=1S/C24H28N2O4/c1-17-14-21(27)22(24(28)26(17)16-20-10-7-13-30-20)23(25-11-4-3-5-12-25)18-8-6-9-19(15-18)29-2/h6-10,13-15,23,27H,3-5,11-12,16H2,1-2H3/t23-/m0/s1. The van der Waals surface area contributed by atoms with Gasteiger partial charge in [-0.05, 0) is 68.8 Å². The molecule has 3 heterocycles. The number of likely N-dealkylation sites (tertiary alicyclic amines) is 1. The Morgan fingerprint density at radius 3 is 2.63 bits per heavy atom. The Balaban J connectivity index is 1.86. The molecule has 1 N–H and O–H groups in total. The maximum atomic E-state index is 13.7. The minimum absolute atomic E-state index is 0.0339. The number of methoxy groups -OCH3 is 1. The first kappa shape index (κ1) is 20.3. The van der Waals surface area contributed by atoms with Crippen molar-refractivity contribution in [2.24, 2.45) is 0 Å². The fourth-order valence-electron chi connectivity index (χ4n) is 4.33. The molecule has 1 aliphatic heterocycles. The molecule has 0 spiro atoms. The Kier molecular flexibility index (Phi) is 5.95. The van der Waals surface area contributed by atoms with E-state index in [9.17, 15) is 9.90 Å². The topological polar surface area (TPSA) is 67.8 Å². The van der Waals surface area contributed by atoms with E-state index in [1.807, 2.05) is 43.3 Å². The third kappa shape index (κ3) is 4.00. The number of hydrogen-bond acceptors (Lipinski definition) is 5. The molecular formula is C24H28N2O4. The molecular weight excluding hydrogens is 380 g/mol. The van der Waals surface area contributed by atoms with Crippen LogP contribution in [-0.2, 0) is 6.54 Å². The molecule has 3 aromatic rings. The molecule has 1 aromatic carbocycles. The number of furan rings is 1. The van der Waals surface area contributed by atoms with Crippen molar-refractivity contribution in [1.29, 1.82) is 0 Å². The van der Waals surface area contributed by atoms with Gasteiger partial charge in [0.2, 0.25) is 0 Å². The number of aromatic nitrogens is 1. The number of aryl methyl sites for hydroxylation is 1. The van der Waals surface area contributed by atoms with Crippen LogP contribution < -0.4 is 10.3 Å². The van der Waals surface area contributed by atoms with Gasteiger partial charge in [0.05, 0.1) is 31.5 Å². The van der Waals surface area contributed by atoms with Crippen molar-refractivity contribution in [2.75, 3.05) is 20.2 Å². The Bertz CT molecular complexity index is 1050. The first-order valence-corrected chi connectivity index (χ1v) is 10.4. The molecule has 30 heavy (non-hydrogen) atoms. The summed E-state index contributed by atoms with van der Waals surface area (Å²) in [6, 6.07) is 12.8. The van der Waals surface area contributed by atoms with Gasteiger partial charge in [-0.15, -0.1) is 0 Å². The van der Waals surface area contributed by atoms with Crippen LogP contribution in [0.5, 0.6) is 11.5 Å². The first-order valence-electron chi connectivity index (χ1n) is 10.4. The maximum Gasteiger partial charge on any atom is 0.260 e. The molecule has 1 aliphatic rings. The molecule has 0 unspecified atom stereocenters. The molecule has 0 aliphatic carbocycles. The van der Waals surface area contributed by atoms with Gasteiger partial charge in [-0.25, -0.2) is 0 Å². The van der Waals surface area contributed by atoms with E-state index < -0.39 is 0 Å². The Hall–Kier alpha value is -2.99. The van der Waals surface area contributed by atoms with E-state index >= 15 is 0 Å². The predicted octanol–water partition coefficient (Wildman–Crippen LogP) is 4.09. The van der Waals surface area contributed by atoms with E-state index in [4.69, 9.17) is 9.15 Å². The molecule has 6 heteroatoms. The first-order chi connectivity index (χ1) is 14.6. The van der Waals surface area contributed by atoms with Crippen LogP contribution in [0.25, 0.3) is 0 Å². The molecule has 0 bridgehead atoms. The molecule has 0 radical (unpaired) electrons. The number of pyridine rings is 1. The SMILES string of the molecule is COc1cccc([C@@H](c2c(O)cc(C)n(Cc3ccco3)c2=O)N2CCCCC2)c1. The van der Waals surface area contributed by atoms with E-state index in [0.29, 0.717) is 23.6 Å². The van der Waals surface area contributed by atoms with Gasteiger partial charge < -0.3 is 18.8 Å². The summed E-state index contributed by atoms with van der Waals surface area (Å²) in [5.74, 6) is 1.47. The molecule has 2 aromatic heterocycles. The molecule has 0 amide bonds. The quantitative estimate of drug-likeness (QED) is 0.665. The van der Waals surface area contributed by atoms with Crippen molar-refractivity contribution in [3.63, 3.8) is 0 Å². The molecule has 158 valence electrons. The number of rotatable bonds is 6. The zero-order valence-electron chi connectivity index (χ0n) is 17.5. The molecule has 1 atom stereocenters. The predicted molar refractivity (Wildman–Crippen MR) is 115 cm³/mol. The molecule has 1 fully saturated rings. The smallest absolute Gasteiger partial charge is 0.260 e. The minimum Gasteiger partial charge on any atom is -0.507 e. The normalized spacial score (nSPS) is 15.8. The number of ether oxygens (including phenoxy) is 1. The number of nitrogens with zero attached hydrogens (tertiary/aromatic N) is 2. The van der Waals surface area contributed by atoms with Gasteiger partial charge in [0.15, 0.2) is 0 Å². The highest BCUT2D eigenvalue weighted by Gasteiger charge is 2.30. The van der Waals surface area contributed by atoms with E-state index in [0.717, 1.165) is 37.2 Å². The summed E-state index contributed by atoms with van der Waals surface area (Å²) in [7, 11) is 1.63. The van der Waals surface area contributed by atoms with Crippen LogP contribution in [0.15, 0.2) is 57.9 Å². The summed E-state index contributed by atoms with van der Waals surface area (Å²) >= 11 is 0. The van der Waals surface area contributed by atoms with Crippen LogP contribution in [-0.4, -0.2) is 34.8 Å². The molecule has 1 saturated heterocycles. The van der Waals surface area contributed by atoms with Crippen LogP contribution in [0.1, 0.15) is 47.9 Å². The van der Waals surface area contributed by atoms with Crippen LogP contribution in [0.2, 0.25) is 0 Å². The average Bonchev–Trinajstić information content (AvgIpc) is 3.28. The van der Waals surface area contributed by atoms with Crippen LogP contribution in [0.3, 0.4) is 0 Å². The molecule has 0 saturated carbocycles. The lowest BCUT2D eigenvalue weighted by Crippen LogP contribution is -2.38. The van der Waals surface area contributed by atoms with Crippen molar-refractivity contribution in [2.45, 2.75) is 38.8 Å². The van der Waals surface area contributed by atoms with Gasteiger partial charge in [0.1, 0.15) is 17.3 Å². The van der Waals surface area contributed by atoms with Crippen LogP contribution in [0.4, 0.5) is 0 Å². The lowest BCUT2D eigenvalue weighted by molar-refractivity contribution is 0.183. The second-order valence-corrected chi connectivity index (χ2v) is 7.83. The van der Waals surface area contributed by atoms with Gasteiger partial charge >= 0.3 is 0 Å². The van der Waals surface area contributed by atoms with E-state index in [1.165, 1.54) is 6.42 Å². The van der Waals surface area contributed by atoms with Gasteiger partial charge in [-0.2, -0.15) is 0 Å². The Morgan fingerprint density at radius 2 is 1.93 bits per heavy atom. The van der Waals surface area contributed by atoms with Crippen molar-refractivity contribution in [1.82, 2.24) is 9.47 Å². The minimum atomic E-state index is -0.337. The summed E-state index contributed by atoms with van der Waals surface area (Å²) in [6.07, 6.45) is 4.94. The highest BCUT2D eigenvalue weighted by atomic mass is 16.5. The highest BCUT2D eigenvalue weighted by molar-refractivity contribution is 5.43. The van der Waals surface area contributed by atoms with Gasteiger partial charge in [-0.3, -0.25) is 9.69 Å². The third-order valence-electron chi connectivity index (χ3n) is 5.86. The summed E-state index contributed by atoms with van der Waals surface area (Å²) in [5, 5.41) is 10.9. The summed E-state index contributed by atoms with van der Waals surface area (Å²) in [6.45, 7) is 3.92. The lowest BCUT2D eigenvalue weighted by atomic mass is 9.94. The van der Waals surface area contributed by atoms with E-state index in [1.54, 1.807) is 24.0 Å². The molecule has 4 rings (SSSR count). The molecule has 6 nitrogen and oxygen atoms in total. The van der Waals surface area contributed by atoms with Gasteiger partial charge in [0, 0.05) is 5.69 Å². The largest absolute Gasteiger partial charge is 0.507 e. The number of piperidine rings is 1. The monoisotopic (exact) mass is 408 g/mol. The second-order valence-electron chi connectivity index (χ2n) is 7.83. The fourth-order valence-corrected chi connectivity index (χ4v) is 4.33. The average molecular weight is 408 g/mol. The number of hydrogen-bond donors (Lipinski definition) is 1. The number of benzene rings is 1. The lowest BCUT2D eigenvalue weighted by Gasteiger charge is -2.35. The zero-order chi connectivity index (χ0) is 21.1. The van der Waals surface area contributed by atoms with Gasteiger partial charge in [0.25, 0.3) is 5.56 Å². The third-order valence-corrected chi connectivity index (χ3v) is 5.86. The second kappa shape index (κ2) is 8.79. The highest BCUT2D eigenvalue weighted by Crippen LogP contribution is 2.35. The fraction of sp³-hybridized carbons (Fsp3) is 0.375. The van der Waals surface area contributed by atoms with Gasteiger partial charge in [-0.1, -0.05) is 18.6 Å². The van der Waals surface area contributed by atoms with E-state index in [-0.39, 0.29) is 17.4 Å². The number of aromatic hydroxyl groups is 1. The van der Waals surface area contributed by atoms with Crippen LogP contribution >= 0.6 is 0 Å². The summed E-state index contributed by atoms with van der Waals surface area (Å²) < 4.78 is 12.6. The van der Waals surface area contributed by atoms with E-state index in [2.05, 4.69) is 4.90 Å². The van der Waals surface area contributed by atoms with Crippen molar-refractivity contribution >= 4 is 0 Å².